The second-order valence-corrected chi connectivity index (χ2v) is 16.3. The molecular formula is C29H31Cl2OSiZr. The largest absolute Gasteiger partial charge is 1.00 e. The average Bonchev–Trinajstić information content (AvgIpc) is 3.45. The second-order valence-electron chi connectivity index (χ2n) is 10.4. The van der Waals surface area contributed by atoms with E-state index in [2.05, 4.69) is 89.3 Å². The van der Waals surface area contributed by atoms with Crippen LogP contribution in [0.3, 0.4) is 0 Å². The molecule has 0 radical (unpaired) electrons. The molecule has 2 bridgehead atoms. The van der Waals surface area contributed by atoms with Crippen LogP contribution < -0.4 is 24.8 Å². The van der Waals surface area contributed by atoms with Crippen LogP contribution in [0.1, 0.15) is 70.6 Å². The van der Waals surface area contributed by atoms with Crippen LogP contribution in [-0.4, -0.2) is 8.07 Å². The van der Waals surface area contributed by atoms with E-state index in [0.717, 1.165) is 5.54 Å². The van der Waals surface area contributed by atoms with Crippen LogP contribution >= 0.6 is 0 Å². The first-order valence-corrected chi connectivity index (χ1v) is 16.1. The fourth-order valence-electron chi connectivity index (χ4n) is 6.03. The van der Waals surface area contributed by atoms with Crippen molar-refractivity contribution < 1.29 is 54.0 Å². The molecule has 4 aliphatic rings. The minimum absolute atomic E-state index is 0. The number of benzene rings is 2. The van der Waals surface area contributed by atoms with E-state index >= 15 is 0 Å². The Hall–Kier alpha value is -1.12. The van der Waals surface area contributed by atoms with Gasteiger partial charge < -0.3 is 29.2 Å². The summed E-state index contributed by atoms with van der Waals surface area (Å²) in [6.45, 7) is 13.9. The fraction of sp³-hybridized carbons (Fsp3) is 0.310. The van der Waals surface area contributed by atoms with Gasteiger partial charge in [0, 0.05) is 16.7 Å². The Morgan fingerprint density at radius 2 is 1.56 bits per heavy atom. The molecule has 0 saturated heterocycles. The molecule has 3 heterocycles. The molecule has 2 aromatic carbocycles. The summed E-state index contributed by atoms with van der Waals surface area (Å²) in [7, 11) is -1.04. The zero-order valence-corrected chi connectivity index (χ0v) is 25.6. The number of halogens is 2. The van der Waals surface area contributed by atoms with E-state index in [1.54, 1.807) is 35.5 Å². The van der Waals surface area contributed by atoms with Crippen molar-refractivity contribution in [3.63, 3.8) is 0 Å². The van der Waals surface area contributed by atoms with Gasteiger partial charge in [-0.1, -0.05) is 18.7 Å². The Bertz CT molecular complexity index is 1270. The van der Waals surface area contributed by atoms with Crippen molar-refractivity contribution in [3.8, 4) is 11.1 Å². The Balaban J connectivity index is 0.000000199. The third kappa shape index (κ3) is 4.21. The first kappa shape index (κ1) is 27.5. The SMILES string of the molecule is CC1=C2c3cocc3C1[Si]2(C)C.CC1=Cc2c(-c3ccc(C(C)C)cc3)cccc2[CH]1[Zr+2].[Cl-].[Cl-]. The third-order valence-corrected chi connectivity index (χ3v) is 13.7. The molecule has 5 heteroatoms. The molecule has 34 heavy (non-hydrogen) atoms. The fourth-order valence-corrected chi connectivity index (χ4v) is 11.2. The van der Waals surface area contributed by atoms with Gasteiger partial charge in [0.1, 0.15) is 0 Å². The number of rotatable bonds is 2. The summed E-state index contributed by atoms with van der Waals surface area (Å²) in [4.78, 5) is 0. The summed E-state index contributed by atoms with van der Waals surface area (Å²) in [5, 5.41) is 1.66. The molecule has 1 aromatic heterocycles. The first-order chi connectivity index (χ1) is 15.2. The van der Waals surface area contributed by atoms with Crippen LogP contribution in [0.25, 0.3) is 22.4 Å². The van der Waals surface area contributed by atoms with Gasteiger partial charge in [-0.3, -0.25) is 0 Å². The van der Waals surface area contributed by atoms with Crippen molar-refractivity contribution in [3.05, 3.63) is 94.0 Å². The molecule has 0 spiro atoms. The number of furan rings is 1. The summed E-state index contributed by atoms with van der Waals surface area (Å²) < 4.78 is 5.86. The minimum Gasteiger partial charge on any atom is -1.00 e. The van der Waals surface area contributed by atoms with Crippen LogP contribution in [0.4, 0.5) is 0 Å². The molecular weight excluding hydrogens is 555 g/mol. The molecule has 2 aliphatic carbocycles. The molecule has 2 aliphatic heterocycles. The van der Waals surface area contributed by atoms with Crippen LogP contribution in [-0.2, 0) is 24.7 Å². The molecule has 0 fully saturated rings. The van der Waals surface area contributed by atoms with E-state index in [-0.39, 0.29) is 24.8 Å². The van der Waals surface area contributed by atoms with Crippen LogP contribution in [0.5, 0.6) is 0 Å². The Morgan fingerprint density at radius 3 is 2.15 bits per heavy atom. The van der Waals surface area contributed by atoms with Gasteiger partial charge >= 0.3 is 137 Å². The summed E-state index contributed by atoms with van der Waals surface area (Å²) >= 11 is 1.59. The molecule has 0 saturated carbocycles. The first-order valence-electron chi connectivity index (χ1n) is 11.6. The van der Waals surface area contributed by atoms with E-state index in [4.69, 9.17) is 4.42 Å². The maximum Gasteiger partial charge on any atom is -1.00 e. The van der Waals surface area contributed by atoms with Gasteiger partial charge in [-0.05, 0) is 12.1 Å². The van der Waals surface area contributed by atoms with Crippen LogP contribution in [0.15, 0.2) is 70.6 Å². The molecule has 175 valence electrons. The Labute approximate surface area is 232 Å². The predicted molar refractivity (Wildman–Crippen MR) is 134 cm³/mol. The van der Waals surface area contributed by atoms with Crippen molar-refractivity contribution in [1.82, 2.24) is 0 Å². The number of allylic oxidation sites excluding steroid dienone is 2. The number of hydrogen-bond donors (Lipinski definition) is 0. The van der Waals surface area contributed by atoms with Gasteiger partial charge in [0.05, 0.1) is 20.6 Å². The van der Waals surface area contributed by atoms with Gasteiger partial charge in [-0.15, -0.1) is 0 Å². The Morgan fingerprint density at radius 1 is 0.882 bits per heavy atom. The third-order valence-electron chi connectivity index (χ3n) is 7.63. The normalized spacial score (nSPS) is 20.3. The maximum atomic E-state index is 5.22. The monoisotopic (exact) mass is 583 g/mol. The predicted octanol–water partition coefficient (Wildman–Crippen LogP) is 2.44. The van der Waals surface area contributed by atoms with E-state index in [9.17, 15) is 0 Å². The average molecular weight is 586 g/mol. The van der Waals surface area contributed by atoms with Crippen LogP contribution in [0, 0.1) is 0 Å². The number of hydrogen-bond acceptors (Lipinski definition) is 1. The smallest absolute Gasteiger partial charge is 1.00 e. The van der Waals surface area contributed by atoms with Crippen molar-refractivity contribution in [2.75, 3.05) is 0 Å². The maximum absolute atomic E-state index is 5.22. The summed E-state index contributed by atoms with van der Waals surface area (Å²) in [5.41, 5.74) is 13.9. The Kier molecular flexibility index (Phi) is 8.15. The van der Waals surface area contributed by atoms with Crippen molar-refractivity contribution in [1.29, 1.82) is 0 Å². The number of fused-ring (bicyclic) bond motifs is 1. The molecule has 2 unspecified atom stereocenters. The van der Waals surface area contributed by atoms with Crippen molar-refractivity contribution >= 4 is 19.3 Å². The molecule has 0 amide bonds. The molecule has 0 N–H and O–H groups in total. The zero-order valence-electron chi connectivity index (χ0n) is 20.7. The minimum atomic E-state index is -1.04. The van der Waals surface area contributed by atoms with Crippen molar-refractivity contribution in [2.45, 2.75) is 55.9 Å². The van der Waals surface area contributed by atoms with Gasteiger partial charge in [0.2, 0.25) is 0 Å². The van der Waals surface area contributed by atoms with Gasteiger partial charge in [0.15, 0.2) is 0 Å². The van der Waals surface area contributed by atoms with Gasteiger partial charge in [-0.2, -0.15) is 0 Å². The van der Waals surface area contributed by atoms with Crippen molar-refractivity contribution in [2.24, 2.45) is 0 Å². The summed E-state index contributed by atoms with van der Waals surface area (Å²) in [5.74, 6) is 0.594. The van der Waals surface area contributed by atoms with Gasteiger partial charge in [0.25, 0.3) is 0 Å². The van der Waals surface area contributed by atoms with E-state index < -0.39 is 8.07 Å². The quantitative estimate of drug-likeness (QED) is 0.422. The summed E-state index contributed by atoms with van der Waals surface area (Å²) in [6, 6.07) is 15.8. The van der Waals surface area contributed by atoms with Gasteiger partial charge in [-0.25, -0.2) is 0 Å². The topological polar surface area (TPSA) is 13.1 Å². The zero-order chi connectivity index (χ0) is 22.8. The standard InChI is InChI=1S/C19H19.C10H12OSi.2ClH.Zr/c1-13(2)15-7-9-16(10-8-15)18-6-4-5-17-11-14(3)12-19(17)18;1-6-9-7-4-11-5-8(7)10(6)12(9,2)3;;;/h4-13H,1-3H3;4-5,9H,1-3H3;2*1H;/q;;;;+2/p-2. The molecule has 2 atom stereocenters. The van der Waals surface area contributed by atoms with Crippen LogP contribution in [0.2, 0.25) is 13.1 Å². The van der Waals surface area contributed by atoms with E-state index in [1.807, 2.05) is 12.5 Å². The molecule has 1 nitrogen and oxygen atoms in total. The molecule has 3 aromatic rings. The summed E-state index contributed by atoms with van der Waals surface area (Å²) in [6.07, 6.45) is 6.24. The molecule has 7 rings (SSSR count). The van der Waals surface area contributed by atoms with E-state index in [1.165, 1.54) is 44.5 Å². The van der Waals surface area contributed by atoms with E-state index in [0.29, 0.717) is 9.54 Å². The second kappa shape index (κ2) is 10.1.